The molecule has 0 saturated carbocycles. The Kier molecular flexibility index (Phi) is 4.24. The number of nitrogens with one attached hydrogen (secondary N) is 1. The smallest absolute Gasteiger partial charge is 0.251 e. The van der Waals surface area contributed by atoms with Crippen LogP contribution in [0, 0.1) is 0 Å². The quantitative estimate of drug-likeness (QED) is 0.871. The minimum Gasteiger partial charge on any atom is -0.504 e. The monoisotopic (exact) mass is 276 g/mol. The van der Waals surface area contributed by atoms with E-state index in [9.17, 15) is 9.90 Å². The first-order valence-corrected chi connectivity index (χ1v) is 6.22. The standard InChI is InChI=1S/C14H16N2O4/c1-3-10-7-15-13(20-10)8-16-14(18)9-4-5-12(19-2)11(17)6-9/h4-7,17H,3,8H2,1-2H3,(H,16,18). The van der Waals surface area contributed by atoms with Gasteiger partial charge in [-0.15, -0.1) is 0 Å². The summed E-state index contributed by atoms with van der Waals surface area (Å²) in [6.45, 7) is 2.16. The topological polar surface area (TPSA) is 84.6 Å². The number of carbonyl (C=O) groups is 1. The second-order valence-electron chi connectivity index (χ2n) is 4.14. The average molecular weight is 276 g/mol. The van der Waals surface area contributed by atoms with Crippen LogP contribution in [0.3, 0.4) is 0 Å². The van der Waals surface area contributed by atoms with Gasteiger partial charge < -0.3 is 19.6 Å². The van der Waals surface area contributed by atoms with Gasteiger partial charge in [0.2, 0.25) is 5.89 Å². The van der Waals surface area contributed by atoms with Crippen LogP contribution in [-0.4, -0.2) is 23.1 Å². The second-order valence-corrected chi connectivity index (χ2v) is 4.14. The summed E-state index contributed by atoms with van der Waals surface area (Å²) in [5.41, 5.74) is 0.338. The van der Waals surface area contributed by atoms with Gasteiger partial charge in [-0.25, -0.2) is 4.98 Å². The van der Waals surface area contributed by atoms with Gasteiger partial charge in [0.1, 0.15) is 5.76 Å². The van der Waals surface area contributed by atoms with Gasteiger partial charge in [-0.3, -0.25) is 4.79 Å². The summed E-state index contributed by atoms with van der Waals surface area (Å²) in [5.74, 6) is 1.15. The molecule has 6 nitrogen and oxygen atoms in total. The number of oxazole rings is 1. The minimum atomic E-state index is -0.320. The number of methoxy groups -OCH3 is 1. The van der Waals surface area contributed by atoms with E-state index in [2.05, 4.69) is 10.3 Å². The number of hydrogen-bond acceptors (Lipinski definition) is 5. The maximum Gasteiger partial charge on any atom is 0.251 e. The first-order valence-electron chi connectivity index (χ1n) is 6.22. The van der Waals surface area contributed by atoms with Gasteiger partial charge in [-0.05, 0) is 18.2 Å². The van der Waals surface area contributed by atoms with Crippen LogP contribution in [-0.2, 0) is 13.0 Å². The molecule has 0 atom stereocenters. The Morgan fingerprint density at radius 2 is 2.30 bits per heavy atom. The molecule has 0 unspecified atom stereocenters. The summed E-state index contributed by atoms with van der Waals surface area (Å²) in [6.07, 6.45) is 2.40. The third-order valence-corrected chi connectivity index (χ3v) is 2.79. The summed E-state index contributed by atoms with van der Waals surface area (Å²) < 4.78 is 10.3. The van der Waals surface area contributed by atoms with Crippen molar-refractivity contribution in [1.29, 1.82) is 0 Å². The maximum absolute atomic E-state index is 11.9. The number of hydrogen-bond donors (Lipinski definition) is 2. The number of nitrogens with zero attached hydrogens (tertiary/aromatic N) is 1. The number of aromatic hydroxyl groups is 1. The minimum absolute atomic E-state index is 0.0791. The first kappa shape index (κ1) is 13.9. The average Bonchev–Trinajstić information content (AvgIpc) is 2.92. The van der Waals surface area contributed by atoms with E-state index < -0.39 is 0 Å². The molecule has 1 heterocycles. The van der Waals surface area contributed by atoms with Crippen LogP contribution >= 0.6 is 0 Å². The van der Waals surface area contributed by atoms with E-state index >= 15 is 0 Å². The van der Waals surface area contributed by atoms with Crippen LogP contribution in [0.4, 0.5) is 0 Å². The van der Waals surface area contributed by atoms with Crippen molar-refractivity contribution >= 4 is 5.91 Å². The lowest BCUT2D eigenvalue weighted by Crippen LogP contribution is -2.22. The Balaban J connectivity index is 1.99. The number of amides is 1. The first-order chi connectivity index (χ1) is 9.63. The molecule has 6 heteroatoms. The number of benzene rings is 1. The molecule has 20 heavy (non-hydrogen) atoms. The van der Waals surface area contributed by atoms with Gasteiger partial charge in [0, 0.05) is 12.0 Å². The molecule has 0 aliphatic carbocycles. The Morgan fingerprint density at radius 1 is 1.50 bits per heavy atom. The molecule has 0 radical (unpaired) electrons. The van der Waals surface area contributed by atoms with Crippen molar-refractivity contribution in [3.8, 4) is 11.5 Å². The van der Waals surface area contributed by atoms with Crippen LogP contribution in [0.5, 0.6) is 11.5 Å². The molecular weight excluding hydrogens is 260 g/mol. The Morgan fingerprint density at radius 3 is 2.90 bits per heavy atom. The van der Waals surface area contributed by atoms with Crippen LogP contribution < -0.4 is 10.1 Å². The Hall–Kier alpha value is -2.50. The van der Waals surface area contributed by atoms with Crippen molar-refractivity contribution in [3.05, 3.63) is 41.6 Å². The predicted molar refractivity (Wildman–Crippen MR) is 71.7 cm³/mol. The highest BCUT2D eigenvalue weighted by Crippen LogP contribution is 2.26. The summed E-state index contributed by atoms with van der Waals surface area (Å²) in [7, 11) is 1.45. The molecule has 0 spiro atoms. The zero-order valence-electron chi connectivity index (χ0n) is 11.3. The van der Waals surface area contributed by atoms with Crippen molar-refractivity contribution in [2.45, 2.75) is 19.9 Å². The molecule has 0 bridgehead atoms. The summed E-state index contributed by atoms with van der Waals surface area (Å²) in [4.78, 5) is 16.0. The lowest BCUT2D eigenvalue weighted by Gasteiger charge is -2.06. The Labute approximate surface area is 116 Å². The van der Waals surface area contributed by atoms with E-state index in [0.29, 0.717) is 17.2 Å². The van der Waals surface area contributed by atoms with Crippen molar-refractivity contribution < 1.29 is 19.1 Å². The van der Waals surface area contributed by atoms with Gasteiger partial charge in [-0.2, -0.15) is 0 Å². The van der Waals surface area contributed by atoms with Gasteiger partial charge in [-0.1, -0.05) is 6.92 Å². The highest BCUT2D eigenvalue weighted by atomic mass is 16.5. The van der Waals surface area contributed by atoms with Crippen LogP contribution in [0.1, 0.15) is 28.9 Å². The van der Waals surface area contributed by atoms with Gasteiger partial charge in [0.25, 0.3) is 5.91 Å². The number of ether oxygens (including phenoxy) is 1. The molecule has 0 aliphatic rings. The molecule has 2 rings (SSSR count). The van der Waals surface area contributed by atoms with E-state index in [0.717, 1.165) is 12.2 Å². The normalized spacial score (nSPS) is 10.3. The van der Waals surface area contributed by atoms with E-state index in [1.807, 2.05) is 6.92 Å². The predicted octanol–water partition coefficient (Wildman–Crippen LogP) is 1.88. The zero-order valence-corrected chi connectivity index (χ0v) is 11.3. The lowest BCUT2D eigenvalue weighted by atomic mass is 10.2. The third kappa shape index (κ3) is 3.09. The van der Waals surface area contributed by atoms with Crippen LogP contribution in [0.25, 0.3) is 0 Å². The van der Waals surface area contributed by atoms with Crippen molar-refractivity contribution in [1.82, 2.24) is 10.3 Å². The molecule has 0 fully saturated rings. The van der Waals surface area contributed by atoms with Crippen molar-refractivity contribution in [2.75, 3.05) is 7.11 Å². The molecule has 1 aromatic heterocycles. The molecule has 1 aromatic carbocycles. The molecule has 2 N–H and O–H groups in total. The number of aryl methyl sites for hydroxylation is 1. The van der Waals surface area contributed by atoms with E-state index in [1.54, 1.807) is 12.3 Å². The fourth-order valence-corrected chi connectivity index (χ4v) is 1.68. The van der Waals surface area contributed by atoms with Crippen LogP contribution in [0.15, 0.2) is 28.8 Å². The fraction of sp³-hybridized carbons (Fsp3) is 0.286. The third-order valence-electron chi connectivity index (χ3n) is 2.79. The molecule has 0 saturated heterocycles. The molecule has 1 amide bonds. The number of phenolic OH excluding ortho intramolecular Hbond substituents is 1. The molecular formula is C14H16N2O4. The largest absolute Gasteiger partial charge is 0.504 e. The summed E-state index contributed by atoms with van der Waals surface area (Å²) >= 11 is 0. The number of rotatable bonds is 5. The highest BCUT2D eigenvalue weighted by molar-refractivity contribution is 5.94. The molecule has 106 valence electrons. The van der Waals surface area contributed by atoms with Crippen molar-refractivity contribution in [3.63, 3.8) is 0 Å². The molecule has 2 aromatic rings. The van der Waals surface area contributed by atoms with Gasteiger partial charge in [0.05, 0.1) is 19.9 Å². The van der Waals surface area contributed by atoms with E-state index in [4.69, 9.17) is 9.15 Å². The number of aromatic nitrogens is 1. The molecule has 0 aliphatic heterocycles. The fourth-order valence-electron chi connectivity index (χ4n) is 1.68. The SMILES string of the molecule is CCc1cnc(CNC(=O)c2ccc(OC)c(O)c2)o1. The van der Waals surface area contributed by atoms with E-state index in [-0.39, 0.29) is 18.2 Å². The van der Waals surface area contributed by atoms with E-state index in [1.165, 1.54) is 19.2 Å². The number of phenols is 1. The van der Waals surface area contributed by atoms with Crippen molar-refractivity contribution in [2.24, 2.45) is 0 Å². The Bertz CT molecular complexity index is 607. The highest BCUT2D eigenvalue weighted by Gasteiger charge is 2.10. The summed E-state index contributed by atoms with van der Waals surface area (Å²) in [6, 6.07) is 4.45. The van der Waals surface area contributed by atoms with Crippen LogP contribution in [0.2, 0.25) is 0 Å². The van der Waals surface area contributed by atoms with Gasteiger partial charge >= 0.3 is 0 Å². The number of carbonyl (C=O) groups excluding carboxylic acids is 1. The lowest BCUT2D eigenvalue weighted by molar-refractivity contribution is 0.0946. The summed E-state index contributed by atoms with van der Waals surface area (Å²) in [5, 5.41) is 12.3. The van der Waals surface area contributed by atoms with Gasteiger partial charge in [0.15, 0.2) is 11.5 Å². The second kappa shape index (κ2) is 6.10. The maximum atomic E-state index is 11.9. The zero-order chi connectivity index (χ0) is 14.5.